The van der Waals surface area contributed by atoms with Crippen LogP contribution < -0.4 is 0 Å². The Bertz CT molecular complexity index is 1030. The van der Waals surface area contributed by atoms with Gasteiger partial charge in [0.05, 0.1) is 6.61 Å². The van der Waals surface area contributed by atoms with E-state index in [-0.39, 0.29) is 19.0 Å². The molecule has 4 aromatic rings. The Labute approximate surface area is 149 Å². The molecule has 0 saturated carbocycles. The summed E-state index contributed by atoms with van der Waals surface area (Å²) in [6, 6.07) is 14.8. The predicted octanol–water partition coefficient (Wildman–Crippen LogP) is 4.47. The van der Waals surface area contributed by atoms with Crippen molar-refractivity contribution in [2.45, 2.75) is 20.1 Å². The third kappa shape index (κ3) is 3.07. The van der Waals surface area contributed by atoms with Crippen LogP contribution in [0.25, 0.3) is 22.1 Å². The summed E-state index contributed by atoms with van der Waals surface area (Å²) in [7, 11) is 0. The standard InChI is InChI=1S/C20H17NO5/c1-2-23-11-14-13-7-3-5-9-16(13)26-19(14)20(22)24-12-18-21-15-8-4-6-10-17(15)25-18/h3-10H,2,11-12H2,1H3. The van der Waals surface area contributed by atoms with E-state index in [9.17, 15) is 4.79 Å². The Kier molecular flexibility index (Phi) is 4.41. The van der Waals surface area contributed by atoms with Crippen LogP contribution in [0.3, 0.4) is 0 Å². The van der Waals surface area contributed by atoms with Crippen LogP contribution in [0.1, 0.15) is 28.9 Å². The second-order valence-electron chi connectivity index (χ2n) is 5.69. The zero-order valence-corrected chi connectivity index (χ0v) is 14.2. The van der Waals surface area contributed by atoms with Gasteiger partial charge in [-0.3, -0.25) is 0 Å². The van der Waals surface area contributed by atoms with E-state index < -0.39 is 5.97 Å². The van der Waals surface area contributed by atoms with Gasteiger partial charge in [0, 0.05) is 17.6 Å². The number of esters is 1. The number of hydrogen-bond donors (Lipinski definition) is 0. The molecule has 2 aromatic heterocycles. The van der Waals surface area contributed by atoms with Gasteiger partial charge in [-0.1, -0.05) is 30.3 Å². The van der Waals surface area contributed by atoms with Crippen LogP contribution >= 0.6 is 0 Å². The maximum atomic E-state index is 12.5. The summed E-state index contributed by atoms with van der Waals surface area (Å²) in [5.41, 5.74) is 2.68. The number of hydrogen-bond acceptors (Lipinski definition) is 6. The van der Waals surface area contributed by atoms with Gasteiger partial charge in [0.1, 0.15) is 11.1 Å². The number of carbonyl (C=O) groups is 1. The molecule has 0 unspecified atom stereocenters. The van der Waals surface area contributed by atoms with E-state index in [1.54, 1.807) is 0 Å². The fraction of sp³-hybridized carbons (Fsp3) is 0.200. The third-order valence-electron chi connectivity index (χ3n) is 4.00. The lowest BCUT2D eigenvalue weighted by Gasteiger charge is -2.03. The maximum Gasteiger partial charge on any atom is 0.375 e. The molecule has 0 aliphatic rings. The highest BCUT2D eigenvalue weighted by atomic mass is 16.6. The monoisotopic (exact) mass is 351 g/mol. The minimum Gasteiger partial charge on any atom is -0.450 e. The number of fused-ring (bicyclic) bond motifs is 2. The SMILES string of the molecule is CCOCc1c(C(=O)OCc2nc3ccccc3o2)oc2ccccc12. The van der Waals surface area contributed by atoms with Gasteiger partial charge < -0.3 is 18.3 Å². The van der Waals surface area contributed by atoms with Crippen LogP contribution in [0.4, 0.5) is 0 Å². The van der Waals surface area contributed by atoms with Crippen molar-refractivity contribution in [2.75, 3.05) is 6.61 Å². The molecular weight excluding hydrogens is 334 g/mol. The van der Waals surface area contributed by atoms with Crippen molar-refractivity contribution in [3.05, 3.63) is 65.7 Å². The molecule has 0 N–H and O–H groups in total. The van der Waals surface area contributed by atoms with Gasteiger partial charge in [-0.05, 0) is 25.1 Å². The van der Waals surface area contributed by atoms with Crippen molar-refractivity contribution in [2.24, 2.45) is 0 Å². The summed E-state index contributed by atoms with van der Waals surface area (Å²) in [4.78, 5) is 16.8. The number of aromatic nitrogens is 1. The van der Waals surface area contributed by atoms with E-state index in [0.29, 0.717) is 29.2 Å². The first kappa shape index (κ1) is 16.4. The zero-order chi connectivity index (χ0) is 17.9. The molecule has 26 heavy (non-hydrogen) atoms. The molecule has 2 aromatic carbocycles. The number of ether oxygens (including phenoxy) is 2. The summed E-state index contributed by atoms with van der Waals surface area (Å²) >= 11 is 0. The van der Waals surface area contributed by atoms with Gasteiger partial charge in [0.2, 0.25) is 11.7 Å². The molecule has 6 nitrogen and oxygen atoms in total. The average Bonchev–Trinajstić information content (AvgIpc) is 3.25. The Balaban J connectivity index is 1.57. The number of carbonyl (C=O) groups excluding carboxylic acids is 1. The van der Waals surface area contributed by atoms with E-state index in [0.717, 1.165) is 10.9 Å². The molecular formula is C20H17NO5. The van der Waals surface area contributed by atoms with Gasteiger partial charge in [-0.25, -0.2) is 9.78 Å². The van der Waals surface area contributed by atoms with E-state index in [1.165, 1.54) is 0 Å². The van der Waals surface area contributed by atoms with E-state index in [1.807, 2.05) is 55.5 Å². The quantitative estimate of drug-likeness (QED) is 0.477. The molecule has 0 radical (unpaired) electrons. The molecule has 0 amide bonds. The minimum absolute atomic E-state index is 0.0708. The highest BCUT2D eigenvalue weighted by molar-refractivity contribution is 5.96. The van der Waals surface area contributed by atoms with Crippen molar-refractivity contribution >= 4 is 28.0 Å². The Hall–Kier alpha value is -3.12. The van der Waals surface area contributed by atoms with Crippen molar-refractivity contribution < 1.29 is 23.1 Å². The lowest BCUT2D eigenvalue weighted by molar-refractivity contribution is 0.0398. The van der Waals surface area contributed by atoms with Gasteiger partial charge >= 0.3 is 5.97 Å². The van der Waals surface area contributed by atoms with Crippen molar-refractivity contribution in [3.63, 3.8) is 0 Å². The molecule has 6 heteroatoms. The molecule has 0 saturated heterocycles. The molecule has 0 fully saturated rings. The molecule has 132 valence electrons. The molecule has 0 bridgehead atoms. The van der Waals surface area contributed by atoms with Crippen LogP contribution in [-0.4, -0.2) is 17.6 Å². The van der Waals surface area contributed by atoms with E-state index in [4.69, 9.17) is 18.3 Å². The summed E-state index contributed by atoms with van der Waals surface area (Å²) in [5, 5.41) is 0.842. The second kappa shape index (κ2) is 7.01. The van der Waals surface area contributed by atoms with Gasteiger partial charge in [-0.15, -0.1) is 0 Å². The first-order chi connectivity index (χ1) is 12.8. The highest BCUT2D eigenvalue weighted by Crippen LogP contribution is 2.27. The Morgan fingerprint density at radius 1 is 1.00 bits per heavy atom. The normalized spacial score (nSPS) is 11.3. The summed E-state index contributed by atoms with van der Waals surface area (Å²) in [6.07, 6.45) is 0. The number of para-hydroxylation sites is 3. The lowest BCUT2D eigenvalue weighted by Crippen LogP contribution is -2.07. The molecule has 0 atom stereocenters. The van der Waals surface area contributed by atoms with E-state index in [2.05, 4.69) is 4.98 Å². The summed E-state index contributed by atoms with van der Waals surface area (Å²) in [6.45, 7) is 2.64. The van der Waals surface area contributed by atoms with Crippen molar-refractivity contribution in [3.8, 4) is 0 Å². The number of furan rings is 1. The van der Waals surface area contributed by atoms with Crippen LogP contribution in [0.5, 0.6) is 0 Å². The Morgan fingerprint density at radius 2 is 1.77 bits per heavy atom. The summed E-state index contributed by atoms with van der Waals surface area (Å²) in [5.74, 6) is -0.0871. The number of benzene rings is 2. The lowest BCUT2D eigenvalue weighted by atomic mass is 10.1. The third-order valence-corrected chi connectivity index (χ3v) is 4.00. The predicted molar refractivity (Wildman–Crippen MR) is 94.7 cm³/mol. The second-order valence-corrected chi connectivity index (χ2v) is 5.69. The molecule has 0 aliphatic carbocycles. The van der Waals surface area contributed by atoms with Gasteiger partial charge in [0.25, 0.3) is 0 Å². The fourth-order valence-electron chi connectivity index (χ4n) is 2.79. The van der Waals surface area contributed by atoms with Crippen molar-refractivity contribution in [1.29, 1.82) is 0 Å². The maximum absolute atomic E-state index is 12.5. The highest BCUT2D eigenvalue weighted by Gasteiger charge is 2.22. The van der Waals surface area contributed by atoms with Crippen molar-refractivity contribution in [1.82, 2.24) is 4.98 Å². The first-order valence-corrected chi connectivity index (χ1v) is 8.36. The van der Waals surface area contributed by atoms with Crippen LogP contribution in [0, 0.1) is 0 Å². The smallest absolute Gasteiger partial charge is 0.375 e. The number of rotatable bonds is 6. The van der Waals surface area contributed by atoms with Gasteiger partial charge in [-0.2, -0.15) is 0 Å². The van der Waals surface area contributed by atoms with Crippen LogP contribution in [0.2, 0.25) is 0 Å². The van der Waals surface area contributed by atoms with Crippen LogP contribution in [-0.2, 0) is 22.7 Å². The fourth-order valence-corrected chi connectivity index (χ4v) is 2.79. The molecule has 4 rings (SSSR count). The minimum atomic E-state index is -0.571. The summed E-state index contributed by atoms with van der Waals surface area (Å²) < 4.78 is 22.1. The topological polar surface area (TPSA) is 74.7 Å². The average molecular weight is 351 g/mol. The zero-order valence-electron chi connectivity index (χ0n) is 14.2. The number of nitrogens with zero attached hydrogens (tertiary/aromatic N) is 1. The molecule has 0 spiro atoms. The Morgan fingerprint density at radius 3 is 2.58 bits per heavy atom. The van der Waals surface area contributed by atoms with Crippen LogP contribution in [0.15, 0.2) is 57.4 Å². The largest absolute Gasteiger partial charge is 0.450 e. The first-order valence-electron chi connectivity index (χ1n) is 8.36. The molecule has 2 heterocycles. The van der Waals surface area contributed by atoms with Gasteiger partial charge in [0.15, 0.2) is 12.2 Å². The number of oxazole rings is 1. The van der Waals surface area contributed by atoms with E-state index >= 15 is 0 Å². The molecule has 0 aliphatic heterocycles.